The number of unbranched alkanes of at least 4 members (excludes halogenated alkanes) is 2. The second-order valence-electron chi connectivity index (χ2n) is 6.82. The number of rotatable bonds is 8. The van der Waals surface area contributed by atoms with Gasteiger partial charge in [-0.05, 0) is 43.5 Å². The summed E-state index contributed by atoms with van der Waals surface area (Å²) in [4.78, 5) is 26.5. The Hall–Kier alpha value is -1.82. The molecule has 148 valence electrons. The molecule has 6 heteroatoms. The SMILES string of the molecule is CCCCCNC(=O)C1CCN(C(=O)/C=C/c2cc(Br)ccc2OC)CC1. The highest BCUT2D eigenvalue weighted by Gasteiger charge is 2.26. The first-order valence-corrected chi connectivity index (χ1v) is 10.4. The number of halogens is 1. The van der Waals surface area contributed by atoms with E-state index in [1.54, 1.807) is 19.3 Å². The smallest absolute Gasteiger partial charge is 0.246 e. The Kier molecular flexibility index (Phi) is 8.85. The Morgan fingerprint density at radius 1 is 1.30 bits per heavy atom. The van der Waals surface area contributed by atoms with E-state index in [0.717, 1.165) is 54.4 Å². The van der Waals surface area contributed by atoms with Crippen LogP contribution in [-0.2, 0) is 9.59 Å². The molecule has 1 heterocycles. The molecule has 0 radical (unpaired) electrons. The molecular formula is C21H29BrN2O3. The topological polar surface area (TPSA) is 58.6 Å². The van der Waals surface area contributed by atoms with Crippen molar-refractivity contribution < 1.29 is 14.3 Å². The van der Waals surface area contributed by atoms with Crippen molar-refractivity contribution in [2.24, 2.45) is 5.92 Å². The number of carbonyl (C=O) groups is 2. The van der Waals surface area contributed by atoms with Gasteiger partial charge in [0.25, 0.3) is 0 Å². The fourth-order valence-electron chi connectivity index (χ4n) is 3.19. The van der Waals surface area contributed by atoms with Crippen molar-refractivity contribution in [2.45, 2.75) is 39.0 Å². The molecule has 1 N–H and O–H groups in total. The van der Waals surface area contributed by atoms with Crippen LogP contribution in [0.1, 0.15) is 44.6 Å². The number of hydrogen-bond acceptors (Lipinski definition) is 3. The van der Waals surface area contributed by atoms with Crippen molar-refractivity contribution in [3.63, 3.8) is 0 Å². The Balaban J connectivity index is 1.83. The lowest BCUT2D eigenvalue weighted by Crippen LogP contribution is -2.42. The second-order valence-corrected chi connectivity index (χ2v) is 7.73. The van der Waals surface area contributed by atoms with Crippen LogP contribution in [0.3, 0.4) is 0 Å². The van der Waals surface area contributed by atoms with Crippen LogP contribution in [0.5, 0.6) is 5.75 Å². The summed E-state index contributed by atoms with van der Waals surface area (Å²) >= 11 is 3.43. The van der Waals surface area contributed by atoms with Crippen molar-refractivity contribution in [2.75, 3.05) is 26.7 Å². The van der Waals surface area contributed by atoms with Gasteiger partial charge >= 0.3 is 0 Å². The zero-order valence-corrected chi connectivity index (χ0v) is 17.8. The maximum Gasteiger partial charge on any atom is 0.246 e. The molecule has 27 heavy (non-hydrogen) atoms. The molecule has 1 aromatic rings. The van der Waals surface area contributed by atoms with Crippen LogP contribution in [0.15, 0.2) is 28.7 Å². The summed E-state index contributed by atoms with van der Waals surface area (Å²) < 4.78 is 6.26. The molecular weight excluding hydrogens is 408 g/mol. The third-order valence-electron chi connectivity index (χ3n) is 4.85. The highest BCUT2D eigenvalue weighted by molar-refractivity contribution is 9.10. The molecule has 0 saturated carbocycles. The average Bonchev–Trinajstić information content (AvgIpc) is 2.69. The zero-order valence-electron chi connectivity index (χ0n) is 16.2. The molecule has 0 bridgehead atoms. The van der Waals surface area contributed by atoms with Crippen molar-refractivity contribution in [1.29, 1.82) is 0 Å². The molecule has 0 unspecified atom stereocenters. The summed E-state index contributed by atoms with van der Waals surface area (Å²) in [5, 5.41) is 3.02. The molecule has 0 aliphatic carbocycles. The van der Waals surface area contributed by atoms with Gasteiger partial charge in [0.15, 0.2) is 0 Å². The third kappa shape index (κ3) is 6.69. The molecule has 0 aromatic heterocycles. The summed E-state index contributed by atoms with van der Waals surface area (Å²) in [7, 11) is 1.61. The first-order valence-electron chi connectivity index (χ1n) is 9.63. The molecule has 0 atom stereocenters. The predicted octanol–water partition coefficient (Wildman–Crippen LogP) is 4.02. The maximum absolute atomic E-state index is 12.5. The number of carbonyl (C=O) groups excluding carboxylic acids is 2. The van der Waals surface area contributed by atoms with E-state index in [2.05, 4.69) is 28.2 Å². The van der Waals surface area contributed by atoms with Gasteiger partial charge in [-0.3, -0.25) is 9.59 Å². The number of nitrogens with zero attached hydrogens (tertiary/aromatic N) is 1. The number of nitrogens with one attached hydrogen (secondary N) is 1. The van der Waals surface area contributed by atoms with Crippen LogP contribution in [0.2, 0.25) is 0 Å². The minimum atomic E-state index is -0.0289. The van der Waals surface area contributed by atoms with Crippen molar-refractivity contribution in [1.82, 2.24) is 10.2 Å². The number of methoxy groups -OCH3 is 1. The number of ether oxygens (including phenoxy) is 1. The van der Waals surface area contributed by atoms with Gasteiger partial charge in [0.1, 0.15) is 5.75 Å². The van der Waals surface area contributed by atoms with Crippen LogP contribution in [-0.4, -0.2) is 43.5 Å². The van der Waals surface area contributed by atoms with E-state index >= 15 is 0 Å². The second kappa shape index (κ2) is 11.1. The highest BCUT2D eigenvalue weighted by atomic mass is 79.9. The van der Waals surface area contributed by atoms with Crippen molar-refractivity contribution >= 4 is 33.8 Å². The number of hydrogen-bond donors (Lipinski definition) is 1. The van der Waals surface area contributed by atoms with Gasteiger partial charge in [-0.1, -0.05) is 35.7 Å². The predicted molar refractivity (Wildman–Crippen MR) is 112 cm³/mol. The van der Waals surface area contributed by atoms with Crippen LogP contribution >= 0.6 is 15.9 Å². The maximum atomic E-state index is 12.5. The van der Waals surface area contributed by atoms with Gasteiger partial charge in [0, 0.05) is 41.7 Å². The molecule has 2 rings (SSSR count). The molecule has 0 spiro atoms. The van der Waals surface area contributed by atoms with Crippen LogP contribution in [0.4, 0.5) is 0 Å². The lowest BCUT2D eigenvalue weighted by Gasteiger charge is -2.30. The summed E-state index contributed by atoms with van der Waals surface area (Å²) in [5.41, 5.74) is 0.849. The van der Waals surface area contributed by atoms with Crippen LogP contribution in [0, 0.1) is 5.92 Å². The first kappa shape index (κ1) is 21.5. The monoisotopic (exact) mass is 436 g/mol. The lowest BCUT2D eigenvalue weighted by molar-refractivity contribution is -0.132. The van der Waals surface area contributed by atoms with Crippen molar-refractivity contribution in [3.05, 3.63) is 34.3 Å². The standard InChI is InChI=1S/C21H29BrN2O3/c1-3-4-5-12-23-21(26)16-10-13-24(14-11-16)20(25)9-6-17-15-18(22)7-8-19(17)27-2/h6-9,15-16H,3-5,10-14H2,1-2H3,(H,23,26)/b9-6+. The zero-order chi connectivity index (χ0) is 19.6. The fourth-order valence-corrected chi connectivity index (χ4v) is 3.57. The Morgan fingerprint density at radius 3 is 2.70 bits per heavy atom. The molecule has 5 nitrogen and oxygen atoms in total. The molecule has 1 saturated heterocycles. The van der Waals surface area contributed by atoms with E-state index in [9.17, 15) is 9.59 Å². The van der Waals surface area contributed by atoms with E-state index < -0.39 is 0 Å². The Labute approximate surface area is 170 Å². The first-order chi connectivity index (χ1) is 13.0. The Bertz CT molecular complexity index is 667. The normalized spacial score (nSPS) is 15.1. The summed E-state index contributed by atoms with van der Waals surface area (Å²) in [6, 6.07) is 5.67. The minimum Gasteiger partial charge on any atom is -0.496 e. The van der Waals surface area contributed by atoms with Gasteiger partial charge in [-0.2, -0.15) is 0 Å². The van der Waals surface area contributed by atoms with Crippen LogP contribution < -0.4 is 10.1 Å². The third-order valence-corrected chi connectivity index (χ3v) is 5.35. The molecule has 2 amide bonds. The van der Waals surface area contributed by atoms with Crippen LogP contribution in [0.25, 0.3) is 6.08 Å². The number of likely N-dealkylation sites (tertiary alicyclic amines) is 1. The van der Waals surface area contributed by atoms with Gasteiger partial charge in [-0.25, -0.2) is 0 Å². The molecule has 1 aliphatic heterocycles. The summed E-state index contributed by atoms with van der Waals surface area (Å²) in [5.74, 6) is 0.844. The molecule has 1 fully saturated rings. The van der Waals surface area contributed by atoms with E-state index in [1.807, 2.05) is 23.1 Å². The number of piperidine rings is 1. The number of benzene rings is 1. The summed E-state index contributed by atoms with van der Waals surface area (Å²) in [6.07, 6.45) is 8.12. The fraction of sp³-hybridized carbons (Fsp3) is 0.524. The minimum absolute atomic E-state index is 0.0184. The van der Waals surface area contributed by atoms with E-state index in [-0.39, 0.29) is 17.7 Å². The van der Waals surface area contributed by atoms with E-state index in [1.165, 1.54) is 0 Å². The van der Waals surface area contributed by atoms with Gasteiger partial charge in [0.05, 0.1) is 7.11 Å². The Morgan fingerprint density at radius 2 is 2.04 bits per heavy atom. The van der Waals surface area contributed by atoms with Gasteiger partial charge < -0.3 is 15.0 Å². The van der Waals surface area contributed by atoms with E-state index in [4.69, 9.17) is 4.74 Å². The van der Waals surface area contributed by atoms with Gasteiger partial charge in [0.2, 0.25) is 11.8 Å². The lowest BCUT2D eigenvalue weighted by atomic mass is 9.95. The molecule has 1 aromatic carbocycles. The highest BCUT2D eigenvalue weighted by Crippen LogP contribution is 2.24. The van der Waals surface area contributed by atoms with Gasteiger partial charge in [-0.15, -0.1) is 0 Å². The quantitative estimate of drug-likeness (QED) is 0.494. The molecule has 1 aliphatic rings. The largest absolute Gasteiger partial charge is 0.496 e. The summed E-state index contributed by atoms with van der Waals surface area (Å²) in [6.45, 7) is 4.14. The average molecular weight is 437 g/mol. The van der Waals surface area contributed by atoms with E-state index in [0.29, 0.717) is 13.1 Å². The number of amides is 2. The van der Waals surface area contributed by atoms with Crippen molar-refractivity contribution in [3.8, 4) is 5.75 Å².